The van der Waals surface area contributed by atoms with Gasteiger partial charge in [0.05, 0.1) is 0 Å². The molecule has 1 saturated carbocycles. The summed E-state index contributed by atoms with van der Waals surface area (Å²) >= 11 is 0. The molecule has 2 N–H and O–H groups in total. The van der Waals surface area contributed by atoms with E-state index in [1.54, 1.807) is 0 Å². The number of hydrogen-bond acceptors (Lipinski definition) is 3. The Kier molecular flexibility index (Phi) is 7.06. The van der Waals surface area contributed by atoms with Gasteiger partial charge in [0, 0.05) is 13.2 Å². The molecule has 1 aliphatic carbocycles. The predicted molar refractivity (Wildman–Crippen MR) is 75.9 cm³/mol. The third-order valence-corrected chi connectivity index (χ3v) is 4.06. The molecular formula is C15H30N2O. The Labute approximate surface area is 112 Å². The average molecular weight is 254 g/mol. The zero-order valence-corrected chi connectivity index (χ0v) is 11.8. The van der Waals surface area contributed by atoms with Crippen molar-refractivity contribution >= 4 is 0 Å². The smallest absolute Gasteiger partial charge is 0.0494 e. The van der Waals surface area contributed by atoms with Crippen LogP contribution in [0.2, 0.25) is 0 Å². The van der Waals surface area contributed by atoms with Gasteiger partial charge in [-0.2, -0.15) is 0 Å². The molecule has 2 aliphatic rings. The predicted octanol–water partition coefficient (Wildman–Crippen LogP) is 2.17. The quantitative estimate of drug-likeness (QED) is 0.586. The molecule has 1 aliphatic heterocycles. The van der Waals surface area contributed by atoms with E-state index in [1.807, 2.05) is 0 Å². The van der Waals surface area contributed by atoms with Crippen molar-refractivity contribution in [1.82, 2.24) is 10.6 Å². The molecule has 3 heteroatoms. The van der Waals surface area contributed by atoms with Gasteiger partial charge in [-0.1, -0.05) is 0 Å². The van der Waals surface area contributed by atoms with Crippen LogP contribution in [0, 0.1) is 11.8 Å². The Morgan fingerprint density at radius 2 is 1.94 bits per heavy atom. The first kappa shape index (κ1) is 14.3. The summed E-state index contributed by atoms with van der Waals surface area (Å²) in [5, 5.41) is 7.02. The van der Waals surface area contributed by atoms with Crippen LogP contribution in [-0.2, 0) is 4.74 Å². The van der Waals surface area contributed by atoms with Crippen LogP contribution < -0.4 is 10.6 Å². The van der Waals surface area contributed by atoms with Crippen molar-refractivity contribution in [2.24, 2.45) is 11.8 Å². The maximum Gasteiger partial charge on any atom is 0.0494 e. The minimum absolute atomic E-state index is 0.905. The molecule has 1 heterocycles. The Bertz CT molecular complexity index is 201. The molecule has 0 aromatic carbocycles. The van der Waals surface area contributed by atoms with Crippen molar-refractivity contribution in [2.45, 2.75) is 44.9 Å². The van der Waals surface area contributed by atoms with Crippen LogP contribution in [0.5, 0.6) is 0 Å². The molecule has 18 heavy (non-hydrogen) atoms. The van der Waals surface area contributed by atoms with E-state index < -0.39 is 0 Å². The topological polar surface area (TPSA) is 33.3 Å². The number of piperidine rings is 1. The third kappa shape index (κ3) is 6.72. The zero-order valence-electron chi connectivity index (χ0n) is 11.8. The van der Waals surface area contributed by atoms with Crippen LogP contribution >= 0.6 is 0 Å². The Balaban J connectivity index is 1.28. The molecule has 0 aromatic heterocycles. The molecule has 0 bridgehead atoms. The number of ether oxygens (including phenoxy) is 1. The Morgan fingerprint density at radius 3 is 2.72 bits per heavy atom. The standard InChI is InChI=1S/C15H30N2O/c1(4-14-5-2-9-17-12-14)8-16-10-3-11-18-13-15-6-7-15/h14-17H,1-13H2. The highest BCUT2D eigenvalue weighted by molar-refractivity contribution is 4.72. The molecule has 0 amide bonds. The molecule has 2 fully saturated rings. The van der Waals surface area contributed by atoms with Crippen molar-refractivity contribution in [2.75, 3.05) is 39.4 Å². The maximum atomic E-state index is 5.61. The summed E-state index contributed by atoms with van der Waals surface area (Å²) in [7, 11) is 0. The van der Waals surface area contributed by atoms with Crippen LogP contribution in [0.25, 0.3) is 0 Å². The second-order valence-electron chi connectivity index (χ2n) is 5.98. The normalized spacial score (nSPS) is 24.3. The molecule has 1 saturated heterocycles. The largest absolute Gasteiger partial charge is 0.381 e. The first-order chi connectivity index (χ1) is 8.95. The highest BCUT2D eigenvalue weighted by Gasteiger charge is 2.20. The monoisotopic (exact) mass is 254 g/mol. The van der Waals surface area contributed by atoms with Gasteiger partial charge < -0.3 is 15.4 Å². The van der Waals surface area contributed by atoms with Gasteiger partial charge >= 0.3 is 0 Å². The summed E-state index contributed by atoms with van der Waals surface area (Å²) in [5.41, 5.74) is 0. The Hall–Kier alpha value is -0.120. The van der Waals surface area contributed by atoms with Gasteiger partial charge in [0.25, 0.3) is 0 Å². The first-order valence-corrected chi connectivity index (χ1v) is 7.94. The highest BCUT2D eigenvalue weighted by atomic mass is 16.5. The van der Waals surface area contributed by atoms with E-state index in [0.717, 1.165) is 38.0 Å². The van der Waals surface area contributed by atoms with E-state index in [0.29, 0.717) is 0 Å². The van der Waals surface area contributed by atoms with Gasteiger partial charge in [-0.3, -0.25) is 0 Å². The number of rotatable bonds is 10. The Morgan fingerprint density at radius 1 is 1.06 bits per heavy atom. The minimum Gasteiger partial charge on any atom is -0.381 e. The molecule has 1 unspecified atom stereocenters. The van der Waals surface area contributed by atoms with E-state index in [9.17, 15) is 0 Å². The van der Waals surface area contributed by atoms with Gasteiger partial charge in [0.1, 0.15) is 0 Å². The van der Waals surface area contributed by atoms with Gasteiger partial charge in [-0.05, 0) is 83.0 Å². The highest BCUT2D eigenvalue weighted by Crippen LogP contribution is 2.28. The van der Waals surface area contributed by atoms with Crippen molar-refractivity contribution < 1.29 is 4.74 Å². The van der Waals surface area contributed by atoms with Gasteiger partial charge in [-0.25, -0.2) is 0 Å². The molecule has 2 rings (SSSR count). The van der Waals surface area contributed by atoms with Crippen LogP contribution in [-0.4, -0.2) is 39.4 Å². The summed E-state index contributed by atoms with van der Waals surface area (Å²) in [6, 6.07) is 0. The van der Waals surface area contributed by atoms with Crippen LogP contribution in [0.1, 0.15) is 44.9 Å². The third-order valence-electron chi connectivity index (χ3n) is 4.06. The fourth-order valence-corrected chi connectivity index (χ4v) is 2.64. The SMILES string of the molecule is C(CNCCCC1CCCNC1)COCC1CC1. The van der Waals surface area contributed by atoms with Crippen LogP contribution in [0.3, 0.4) is 0 Å². The lowest BCUT2D eigenvalue weighted by Gasteiger charge is -2.22. The molecule has 3 nitrogen and oxygen atoms in total. The van der Waals surface area contributed by atoms with Gasteiger partial charge in [0.15, 0.2) is 0 Å². The van der Waals surface area contributed by atoms with E-state index in [-0.39, 0.29) is 0 Å². The van der Waals surface area contributed by atoms with Crippen molar-refractivity contribution in [3.8, 4) is 0 Å². The molecule has 0 spiro atoms. The molecular weight excluding hydrogens is 224 g/mol. The van der Waals surface area contributed by atoms with Gasteiger partial charge in [-0.15, -0.1) is 0 Å². The molecule has 0 radical (unpaired) electrons. The van der Waals surface area contributed by atoms with E-state index in [2.05, 4.69) is 10.6 Å². The summed E-state index contributed by atoms with van der Waals surface area (Å²) in [5.74, 6) is 1.84. The minimum atomic E-state index is 0.905. The first-order valence-electron chi connectivity index (χ1n) is 7.94. The summed E-state index contributed by atoms with van der Waals surface area (Å²) < 4.78 is 5.61. The molecule has 1 atom stereocenters. The maximum absolute atomic E-state index is 5.61. The number of nitrogens with one attached hydrogen (secondary N) is 2. The average Bonchev–Trinajstić information content (AvgIpc) is 3.22. The summed E-state index contributed by atoms with van der Waals surface area (Å²) in [6.45, 7) is 6.72. The van der Waals surface area contributed by atoms with Gasteiger partial charge in [0.2, 0.25) is 0 Å². The van der Waals surface area contributed by atoms with E-state index >= 15 is 0 Å². The van der Waals surface area contributed by atoms with E-state index in [4.69, 9.17) is 4.74 Å². The fraction of sp³-hybridized carbons (Fsp3) is 1.00. The molecule has 0 aromatic rings. The van der Waals surface area contributed by atoms with Crippen LogP contribution in [0.15, 0.2) is 0 Å². The van der Waals surface area contributed by atoms with Crippen molar-refractivity contribution in [3.63, 3.8) is 0 Å². The lowest BCUT2D eigenvalue weighted by molar-refractivity contribution is 0.122. The number of hydrogen-bond donors (Lipinski definition) is 2. The second-order valence-corrected chi connectivity index (χ2v) is 5.98. The van der Waals surface area contributed by atoms with Crippen LogP contribution in [0.4, 0.5) is 0 Å². The lowest BCUT2D eigenvalue weighted by Crippen LogP contribution is -2.30. The second kappa shape index (κ2) is 8.89. The van der Waals surface area contributed by atoms with E-state index in [1.165, 1.54) is 58.2 Å². The molecule has 106 valence electrons. The van der Waals surface area contributed by atoms with Crippen molar-refractivity contribution in [1.29, 1.82) is 0 Å². The lowest BCUT2D eigenvalue weighted by atomic mass is 9.95. The summed E-state index contributed by atoms with van der Waals surface area (Å²) in [4.78, 5) is 0. The van der Waals surface area contributed by atoms with Crippen molar-refractivity contribution in [3.05, 3.63) is 0 Å². The fourth-order valence-electron chi connectivity index (χ4n) is 2.64. The summed E-state index contributed by atoms with van der Waals surface area (Å²) in [6.07, 6.45) is 9.48. The zero-order chi connectivity index (χ0) is 12.5.